The minimum absolute atomic E-state index is 0.946. The summed E-state index contributed by atoms with van der Waals surface area (Å²) in [6.45, 7) is 4.13. The number of rotatable bonds is 1. The van der Waals surface area contributed by atoms with E-state index in [-0.39, 0.29) is 0 Å². The first kappa shape index (κ1) is 11.2. The van der Waals surface area contributed by atoms with Gasteiger partial charge in [-0.05, 0) is 26.0 Å². The van der Waals surface area contributed by atoms with Crippen molar-refractivity contribution >= 4 is 43.4 Å². The topological polar surface area (TPSA) is 46.5 Å². The van der Waals surface area contributed by atoms with E-state index in [1.165, 1.54) is 9.71 Å². The maximum Gasteiger partial charge on any atom is 0.149 e. The van der Waals surface area contributed by atoms with Gasteiger partial charge in [0.25, 0.3) is 0 Å². The van der Waals surface area contributed by atoms with Gasteiger partial charge in [-0.1, -0.05) is 0 Å². The average molecular weight is 288 g/mol. The molecule has 0 aliphatic rings. The van der Waals surface area contributed by atoms with Gasteiger partial charge in [-0.2, -0.15) is 0 Å². The zero-order chi connectivity index (χ0) is 13.1. The third-order valence-corrected chi connectivity index (χ3v) is 5.45. The lowest BCUT2D eigenvalue weighted by molar-refractivity contribution is 0.891. The standard InChI is InChI=1S/C13H12N4S2/c1-6-4-8-12(18-6)16-11(15-8)10-5-9-13(19-10)17(3)7(2)14-9/h4-5H,1-3H3,(H,15,16). The van der Waals surface area contributed by atoms with Crippen LogP contribution in [0.5, 0.6) is 0 Å². The van der Waals surface area contributed by atoms with Crippen molar-refractivity contribution in [3.63, 3.8) is 0 Å². The number of aryl methyl sites for hydroxylation is 3. The molecule has 4 aromatic rings. The van der Waals surface area contributed by atoms with Gasteiger partial charge >= 0.3 is 0 Å². The number of fused-ring (bicyclic) bond motifs is 2. The molecule has 0 bridgehead atoms. The number of H-pyrrole nitrogens is 1. The molecule has 4 nitrogen and oxygen atoms in total. The zero-order valence-corrected chi connectivity index (χ0v) is 12.4. The van der Waals surface area contributed by atoms with E-state index in [0.29, 0.717) is 0 Å². The quantitative estimate of drug-likeness (QED) is 0.578. The van der Waals surface area contributed by atoms with Crippen molar-refractivity contribution in [1.82, 2.24) is 19.5 Å². The predicted octanol–water partition coefficient (Wildman–Crippen LogP) is 3.86. The van der Waals surface area contributed by atoms with Gasteiger partial charge in [0.15, 0.2) is 0 Å². The summed E-state index contributed by atoms with van der Waals surface area (Å²) < 4.78 is 2.12. The van der Waals surface area contributed by atoms with Gasteiger partial charge in [-0.15, -0.1) is 22.7 Å². The normalized spacial score (nSPS) is 11.9. The molecule has 0 saturated carbocycles. The second-order valence-electron chi connectivity index (χ2n) is 4.68. The Kier molecular flexibility index (Phi) is 2.17. The van der Waals surface area contributed by atoms with Crippen molar-refractivity contribution in [2.45, 2.75) is 13.8 Å². The van der Waals surface area contributed by atoms with Gasteiger partial charge in [0, 0.05) is 11.9 Å². The Hall–Kier alpha value is -1.66. The van der Waals surface area contributed by atoms with Gasteiger partial charge in [0.2, 0.25) is 0 Å². The van der Waals surface area contributed by atoms with E-state index >= 15 is 0 Å². The van der Waals surface area contributed by atoms with E-state index in [2.05, 4.69) is 45.6 Å². The summed E-state index contributed by atoms with van der Waals surface area (Å²) in [7, 11) is 2.05. The van der Waals surface area contributed by atoms with Crippen LogP contribution in [0, 0.1) is 13.8 Å². The molecule has 0 amide bonds. The van der Waals surface area contributed by atoms with Crippen LogP contribution in [0.1, 0.15) is 10.7 Å². The fraction of sp³-hybridized carbons (Fsp3) is 0.231. The summed E-state index contributed by atoms with van der Waals surface area (Å²) in [6, 6.07) is 4.26. The highest BCUT2D eigenvalue weighted by molar-refractivity contribution is 7.22. The van der Waals surface area contributed by atoms with Crippen LogP contribution in [0.15, 0.2) is 12.1 Å². The largest absolute Gasteiger partial charge is 0.337 e. The van der Waals surface area contributed by atoms with Crippen LogP contribution in [0.3, 0.4) is 0 Å². The van der Waals surface area contributed by atoms with Crippen LogP contribution in [-0.4, -0.2) is 19.5 Å². The Morgan fingerprint density at radius 2 is 2.00 bits per heavy atom. The highest BCUT2D eigenvalue weighted by Crippen LogP contribution is 2.34. The number of nitrogens with zero attached hydrogens (tertiary/aromatic N) is 3. The molecule has 96 valence electrons. The number of nitrogens with one attached hydrogen (secondary N) is 1. The zero-order valence-electron chi connectivity index (χ0n) is 10.8. The molecule has 19 heavy (non-hydrogen) atoms. The average Bonchev–Trinajstić information content (AvgIpc) is 3.02. The Labute approximate surface area is 117 Å². The lowest BCUT2D eigenvalue weighted by Crippen LogP contribution is -1.88. The number of hydrogen-bond acceptors (Lipinski definition) is 4. The minimum atomic E-state index is 0.946. The van der Waals surface area contributed by atoms with Gasteiger partial charge in [-0.3, -0.25) is 0 Å². The van der Waals surface area contributed by atoms with Crippen molar-refractivity contribution in [2.75, 3.05) is 0 Å². The molecular weight excluding hydrogens is 276 g/mol. The Bertz CT molecular complexity index is 875. The second-order valence-corrected chi connectivity index (χ2v) is 6.95. The summed E-state index contributed by atoms with van der Waals surface area (Å²) in [6.07, 6.45) is 0. The van der Waals surface area contributed by atoms with Crippen molar-refractivity contribution in [3.8, 4) is 10.7 Å². The second kappa shape index (κ2) is 3.68. The van der Waals surface area contributed by atoms with Crippen molar-refractivity contribution in [2.24, 2.45) is 7.05 Å². The van der Waals surface area contributed by atoms with Crippen LogP contribution in [0.4, 0.5) is 0 Å². The van der Waals surface area contributed by atoms with E-state index in [1.54, 1.807) is 22.7 Å². The van der Waals surface area contributed by atoms with Crippen LogP contribution in [0.25, 0.3) is 31.4 Å². The molecule has 4 heterocycles. The van der Waals surface area contributed by atoms with Gasteiger partial charge in [0.1, 0.15) is 26.8 Å². The van der Waals surface area contributed by atoms with E-state index in [1.807, 2.05) is 6.92 Å². The summed E-state index contributed by atoms with van der Waals surface area (Å²) in [5.74, 6) is 1.99. The first-order valence-corrected chi connectivity index (χ1v) is 7.64. The maximum absolute atomic E-state index is 4.67. The van der Waals surface area contributed by atoms with Crippen molar-refractivity contribution in [1.29, 1.82) is 0 Å². The molecule has 0 saturated heterocycles. The molecule has 4 aromatic heterocycles. The SMILES string of the molecule is Cc1cc2[nH]c(-c3cc4nc(C)n(C)c4s3)nc2s1. The number of aromatic nitrogens is 4. The minimum Gasteiger partial charge on any atom is -0.337 e. The first-order chi connectivity index (χ1) is 9.11. The Morgan fingerprint density at radius 1 is 1.16 bits per heavy atom. The monoisotopic (exact) mass is 288 g/mol. The Balaban J connectivity index is 1.90. The van der Waals surface area contributed by atoms with Crippen molar-refractivity contribution in [3.05, 3.63) is 22.8 Å². The molecular formula is C13H12N4S2. The van der Waals surface area contributed by atoms with Crippen LogP contribution < -0.4 is 0 Å². The third-order valence-electron chi connectivity index (χ3n) is 3.30. The molecule has 0 atom stereocenters. The highest BCUT2D eigenvalue weighted by atomic mass is 32.1. The molecule has 4 rings (SSSR count). The van der Waals surface area contributed by atoms with Crippen LogP contribution in [0.2, 0.25) is 0 Å². The summed E-state index contributed by atoms with van der Waals surface area (Å²) in [5, 5.41) is 0. The third kappa shape index (κ3) is 1.56. The van der Waals surface area contributed by atoms with E-state index in [0.717, 1.165) is 32.4 Å². The molecule has 0 fully saturated rings. The first-order valence-electron chi connectivity index (χ1n) is 6.01. The Morgan fingerprint density at radius 3 is 2.74 bits per heavy atom. The van der Waals surface area contributed by atoms with Crippen LogP contribution in [-0.2, 0) is 7.05 Å². The van der Waals surface area contributed by atoms with E-state index in [4.69, 9.17) is 0 Å². The molecule has 0 aliphatic carbocycles. The highest BCUT2D eigenvalue weighted by Gasteiger charge is 2.14. The fourth-order valence-electron chi connectivity index (χ4n) is 2.25. The summed E-state index contributed by atoms with van der Waals surface area (Å²) in [5.41, 5.74) is 2.18. The molecule has 0 aromatic carbocycles. The molecule has 0 radical (unpaired) electrons. The molecule has 0 aliphatic heterocycles. The number of thiophene rings is 2. The summed E-state index contributed by atoms with van der Waals surface area (Å²) in [4.78, 5) is 17.3. The smallest absolute Gasteiger partial charge is 0.149 e. The fourth-order valence-corrected chi connectivity index (χ4v) is 4.14. The van der Waals surface area contributed by atoms with E-state index < -0.39 is 0 Å². The number of aromatic amines is 1. The number of imidazole rings is 2. The van der Waals surface area contributed by atoms with E-state index in [9.17, 15) is 0 Å². The molecule has 1 N–H and O–H groups in total. The summed E-state index contributed by atoms with van der Waals surface area (Å²) >= 11 is 3.46. The van der Waals surface area contributed by atoms with Gasteiger partial charge in [-0.25, -0.2) is 9.97 Å². The van der Waals surface area contributed by atoms with Crippen LogP contribution >= 0.6 is 22.7 Å². The lowest BCUT2D eigenvalue weighted by atomic mass is 10.4. The maximum atomic E-state index is 4.67. The lowest BCUT2D eigenvalue weighted by Gasteiger charge is -1.93. The molecule has 0 spiro atoms. The molecule has 0 unspecified atom stereocenters. The van der Waals surface area contributed by atoms with Gasteiger partial charge in [0.05, 0.1) is 10.4 Å². The number of hydrogen-bond donors (Lipinski definition) is 1. The predicted molar refractivity (Wildman–Crippen MR) is 81.0 cm³/mol. The van der Waals surface area contributed by atoms with Gasteiger partial charge < -0.3 is 9.55 Å². The molecule has 6 heteroatoms. The van der Waals surface area contributed by atoms with Crippen molar-refractivity contribution < 1.29 is 0 Å².